The summed E-state index contributed by atoms with van der Waals surface area (Å²) < 4.78 is 33.6. The molecule has 268 valence electrons. The Labute approximate surface area is 275 Å². The Bertz CT molecular complexity index is 1560. The summed E-state index contributed by atoms with van der Waals surface area (Å²) in [5.41, 5.74) is 0.131. The van der Waals surface area contributed by atoms with E-state index in [-0.39, 0.29) is 28.4 Å². The van der Waals surface area contributed by atoms with Crippen molar-refractivity contribution in [2.24, 2.45) is 0 Å². The average molecular weight is 699 g/mol. The molecule has 5 rings (SSSR count). The van der Waals surface area contributed by atoms with Gasteiger partial charge in [0.15, 0.2) is 17.6 Å². The molecule has 0 spiro atoms. The summed E-state index contributed by atoms with van der Waals surface area (Å²) >= 11 is 0. The summed E-state index contributed by atoms with van der Waals surface area (Å²) in [7, 11) is 0. The number of esters is 1. The van der Waals surface area contributed by atoms with Gasteiger partial charge in [-0.3, -0.25) is 9.59 Å². The molecule has 2 aromatic rings. The average Bonchev–Trinajstić information content (AvgIpc) is 3.05. The van der Waals surface area contributed by atoms with Crippen molar-refractivity contribution in [2.45, 2.75) is 73.9 Å². The van der Waals surface area contributed by atoms with Crippen LogP contribution < -0.4 is 9.47 Å². The second kappa shape index (κ2) is 14.6. The second-order valence-corrected chi connectivity index (χ2v) is 11.3. The lowest BCUT2D eigenvalue weighted by Crippen LogP contribution is -2.60. The highest BCUT2D eigenvalue weighted by atomic mass is 16.7. The zero-order valence-electron chi connectivity index (χ0n) is 25.1. The molecule has 0 amide bonds. The summed E-state index contributed by atoms with van der Waals surface area (Å²) in [4.78, 5) is 22.6. The van der Waals surface area contributed by atoms with Crippen molar-refractivity contribution in [3.63, 3.8) is 0 Å². The van der Waals surface area contributed by atoms with Gasteiger partial charge in [0.1, 0.15) is 84.9 Å². The molecular weight excluding hydrogens is 664 g/mol. The number of phenols is 3. The predicted octanol–water partition coefficient (Wildman–Crippen LogP) is -2.70. The van der Waals surface area contributed by atoms with Gasteiger partial charge in [0, 0.05) is 17.7 Å². The number of carbonyl (C=O) groups is 2. The molecule has 0 radical (unpaired) electrons. The Morgan fingerprint density at radius 1 is 0.755 bits per heavy atom. The largest absolute Gasteiger partial charge is 0.508 e. The van der Waals surface area contributed by atoms with Crippen LogP contribution in [-0.2, 0) is 28.5 Å². The van der Waals surface area contributed by atoms with Crippen LogP contribution in [0.15, 0.2) is 36.1 Å². The summed E-state index contributed by atoms with van der Waals surface area (Å²) in [6.45, 7) is -1.50. The SMILES string of the molecule is O=C(O)CC(=O)OC[C@H]1O[C@@H](OC2=Cc3c(cc(O)cc3O[C@@H]3O[C@@H](CO)[C@@H](O)[C@H](O)[C@@H]3O)OC2c2ccc(O)c(O)c2)[C@H](O)[C@H](O)[C@@H]1O. The van der Waals surface area contributed by atoms with E-state index in [2.05, 4.69) is 0 Å². The van der Waals surface area contributed by atoms with E-state index in [1.165, 1.54) is 12.1 Å². The Morgan fingerprint density at radius 3 is 2.02 bits per heavy atom. The summed E-state index contributed by atoms with van der Waals surface area (Å²) in [5, 5.41) is 111. The number of aliphatic carboxylic acids is 1. The zero-order chi connectivity index (χ0) is 35.7. The number of aromatic hydroxyl groups is 3. The van der Waals surface area contributed by atoms with Crippen LogP contribution in [0.5, 0.6) is 28.7 Å². The molecule has 11 N–H and O–H groups in total. The summed E-state index contributed by atoms with van der Waals surface area (Å²) in [5.74, 6) is -4.71. The predicted molar refractivity (Wildman–Crippen MR) is 155 cm³/mol. The minimum Gasteiger partial charge on any atom is -0.508 e. The lowest BCUT2D eigenvalue weighted by molar-refractivity contribution is -0.294. The summed E-state index contributed by atoms with van der Waals surface area (Å²) in [6.07, 6.45) is -18.5. The third-order valence-electron chi connectivity index (χ3n) is 7.90. The maximum Gasteiger partial charge on any atom is 0.317 e. The number of hydrogen-bond donors (Lipinski definition) is 11. The van der Waals surface area contributed by atoms with Gasteiger partial charge in [0.2, 0.25) is 12.6 Å². The van der Waals surface area contributed by atoms with E-state index < -0.39 is 116 Å². The Hall–Kier alpha value is -4.44. The van der Waals surface area contributed by atoms with Gasteiger partial charge in [-0.25, -0.2) is 0 Å². The second-order valence-electron chi connectivity index (χ2n) is 11.3. The number of fused-ring (bicyclic) bond motifs is 1. The fourth-order valence-corrected chi connectivity index (χ4v) is 5.28. The smallest absolute Gasteiger partial charge is 0.317 e. The highest BCUT2D eigenvalue weighted by Gasteiger charge is 2.48. The highest BCUT2D eigenvalue weighted by molar-refractivity contribution is 5.90. The number of phenolic OH excluding ortho intramolecular Hbond substituents is 3. The zero-order valence-corrected chi connectivity index (χ0v) is 25.1. The van der Waals surface area contributed by atoms with Crippen molar-refractivity contribution in [3.05, 3.63) is 47.2 Å². The maximum absolute atomic E-state index is 11.8. The van der Waals surface area contributed by atoms with Crippen LogP contribution in [0.1, 0.15) is 23.7 Å². The van der Waals surface area contributed by atoms with E-state index in [1.807, 2.05) is 0 Å². The van der Waals surface area contributed by atoms with Gasteiger partial charge < -0.3 is 84.6 Å². The number of hydrogen-bond acceptors (Lipinski definition) is 18. The number of ether oxygens (including phenoxy) is 6. The highest BCUT2D eigenvalue weighted by Crippen LogP contribution is 2.46. The molecule has 0 aromatic heterocycles. The van der Waals surface area contributed by atoms with Gasteiger partial charge >= 0.3 is 11.9 Å². The molecule has 3 aliphatic heterocycles. The monoisotopic (exact) mass is 698 g/mol. The van der Waals surface area contributed by atoms with Crippen molar-refractivity contribution in [3.8, 4) is 28.7 Å². The molecule has 2 aromatic carbocycles. The van der Waals surface area contributed by atoms with E-state index in [0.717, 1.165) is 24.3 Å². The first-order valence-corrected chi connectivity index (χ1v) is 14.7. The topological polar surface area (TPSA) is 312 Å². The Balaban J connectivity index is 1.49. The number of rotatable bonds is 10. The number of carboxylic acid groups (broad SMARTS) is 1. The molecule has 2 fully saturated rings. The van der Waals surface area contributed by atoms with Crippen molar-refractivity contribution < 1.29 is 94.2 Å². The number of carboxylic acids is 1. The van der Waals surface area contributed by atoms with Gasteiger partial charge in [-0.1, -0.05) is 6.07 Å². The van der Waals surface area contributed by atoms with Gasteiger partial charge in [0.25, 0.3) is 0 Å². The van der Waals surface area contributed by atoms with Crippen molar-refractivity contribution in [1.82, 2.24) is 0 Å². The Morgan fingerprint density at radius 2 is 1.39 bits per heavy atom. The van der Waals surface area contributed by atoms with Gasteiger partial charge in [-0.2, -0.15) is 0 Å². The van der Waals surface area contributed by atoms with E-state index in [0.29, 0.717) is 0 Å². The molecule has 0 saturated carbocycles. The summed E-state index contributed by atoms with van der Waals surface area (Å²) in [6, 6.07) is 5.79. The molecule has 0 aliphatic carbocycles. The van der Waals surface area contributed by atoms with Crippen LogP contribution in [0.25, 0.3) is 6.08 Å². The first kappa shape index (κ1) is 35.9. The standard InChI is InChI=1S/C30H34O19/c31-8-18-22(38)24(40)26(42)29(48-18)46-16-5-11(32)4-15-12(16)6-17(28(45-15)10-1-2-13(33)14(34)3-10)47-30-27(43)25(41)23(39)19(49-30)9-44-21(37)7-20(35)36/h1-6,18-19,22-34,38-43H,7-9H2,(H,35,36)/t18-,19+,22+,23+,24-,25+,26-,27+,28?,29+,30+/m0/s1. The van der Waals surface area contributed by atoms with Gasteiger partial charge in [-0.05, 0) is 18.2 Å². The molecule has 3 aliphatic rings. The fraction of sp³-hybridized carbons (Fsp3) is 0.467. The number of aliphatic hydroxyl groups is 7. The van der Waals surface area contributed by atoms with E-state index in [9.17, 15) is 60.7 Å². The molecule has 11 atom stereocenters. The lowest BCUT2D eigenvalue weighted by atomic mass is 9.98. The van der Waals surface area contributed by atoms with E-state index in [1.54, 1.807) is 0 Å². The quantitative estimate of drug-likeness (QED) is 0.0683. The maximum atomic E-state index is 11.8. The molecular formula is C30H34O19. The first-order chi connectivity index (χ1) is 23.2. The Kier molecular flexibility index (Phi) is 10.7. The fourth-order valence-electron chi connectivity index (χ4n) is 5.28. The molecule has 3 heterocycles. The molecule has 1 unspecified atom stereocenters. The number of aliphatic hydroxyl groups excluding tert-OH is 7. The van der Waals surface area contributed by atoms with Gasteiger partial charge in [-0.15, -0.1) is 0 Å². The number of benzene rings is 2. The minimum atomic E-state index is -1.94. The third-order valence-corrected chi connectivity index (χ3v) is 7.90. The third kappa shape index (κ3) is 7.59. The molecule has 19 nitrogen and oxygen atoms in total. The first-order valence-electron chi connectivity index (χ1n) is 14.7. The van der Waals surface area contributed by atoms with Crippen LogP contribution in [0.2, 0.25) is 0 Å². The molecule has 49 heavy (non-hydrogen) atoms. The minimum absolute atomic E-state index is 0.00552. The number of carbonyl (C=O) groups excluding carboxylic acids is 1. The van der Waals surface area contributed by atoms with Crippen LogP contribution in [-0.4, -0.2) is 143 Å². The molecule has 2 saturated heterocycles. The molecule has 19 heteroatoms. The van der Waals surface area contributed by atoms with E-state index in [4.69, 9.17) is 33.5 Å². The van der Waals surface area contributed by atoms with Crippen LogP contribution in [0.4, 0.5) is 0 Å². The van der Waals surface area contributed by atoms with Gasteiger partial charge in [0.05, 0.1) is 12.2 Å². The van der Waals surface area contributed by atoms with E-state index >= 15 is 0 Å². The van der Waals surface area contributed by atoms with Crippen molar-refractivity contribution >= 4 is 18.0 Å². The molecule has 0 bridgehead atoms. The normalized spacial score (nSPS) is 32.6. The van der Waals surface area contributed by atoms with Crippen molar-refractivity contribution in [1.29, 1.82) is 0 Å². The lowest BCUT2D eigenvalue weighted by Gasteiger charge is -2.41. The van der Waals surface area contributed by atoms with Crippen molar-refractivity contribution in [2.75, 3.05) is 13.2 Å². The van der Waals surface area contributed by atoms with Crippen LogP contribution in [0.3, 0.4) is 0 Å². The van der Waals surface area contributed by atoms with Crippen LogP contribution in [0, 0.1) is 0 Å². The van der Waals surface area contributed by atoms with Crippen LogP contribution >= 0.6 is 0 Å².